The Morgan fingerprint density at radius 3 is 2.11 bits per heavy atom. The largest absolute Gasteiger partial charge is 0.328 e. The van der Waals surface area contributed by atoms with E-state index in [-0.39, 0.29) is 0 Å². The van der Waals surface area contributed by atoms with Crippen LogP contribution in [0, 0.1) is 23.7 Å². The molecule has 0 spiro atoms. The average molecular weight is 252 g/mol. The fourth-order valence-electron chi connectivity index (χ4n) is 4.20. The van der Waals surface area contributed by atoms with Crippen LogP contribution in [-0.2, 0) is 0 Å². The van der Waals surface area contributed by atoms with Gasteiger partial charge in [0.1, 0.15) is 0 Å². The highest BCUT2D eigenvalue weighted by atomic mass is 14.7. The van der Waals surface area contributed by atoms with Crippen molar-refractivity contribution in [2.75, 3.05) is 0 Å². The average Bonchev–Trinajstić information content (AvgIpc) is 2.34. The molecule has 0 radical (unpaired) electrons. The summed E-state index contributed by atoms with van der Waals surface area (Å²) in [5, 5.41) is 0. The van der Waals surface area contributed by atoms with E-state index in [0.29, 0.717) is 12.1 Å². The molecule has 2 heteroatoms. The van der Waals surface area contributed by atoms with Gasteiger partial charge in [0.2, 0.25) is 0 Å². The van der Waals surface area contributed by atoms with Crippen LogP contribution in [0.25, 0.3) is 0 Å². The predicted octanol–water partition coefficient (Wildman–Crippen LogP) is 3.29. The summed E-state index contributed by atoms with van der Waals surface area (Å²) in [6.45, 7) is 4.68. The molecule has 2 aliphatic carbocycles. The van der Waals surface area contributed by atoms with Crippen molar-refractivity contribution in [2.24, 2.45) is 35.1 Å². The van der Waals surface area contributed by atoms with Crippen molar-refractivity contribution in [3.05, 3.63) is 0 Å². The van der Waals surface area contributed by atoms with E-state index in [0.717, 1.165) is 23.7 Å². The summed E-state index contributed by atoms with van der Waals surface area (Å²) >= 11 is 0. The topological polar surface area (TPSA) is 52.0 Å². The minimum absolute atomic E-state index is 0.459. The summed E-state index contributed by atoms with van der Waals surface area (Å²) in [5.41, 5.74) is 12.3. The van der Waals surface area contributed by atoms with Crippen molar-refractivity contribution < 1.29 is 0 Å². The molecule has 0 bridgehead atoms. The highest BCUT2D eigenvalue weighted by Gasteiger charge is 2.31. The second-order valence-electron chi connectivity index (χ2n) is 7.27. The molecule has 18 heavy (non-hydrogen) atoms. The van der Waals surface area contributed by atoms with Gasteiger partial charge in [0, 0.05) is 12.1 Å². The smallest absolute Gasteiger partial charge is 0.00698 e. The Balaban J connectivity index is 1.79. The SMILES string of the molecule is CC(C)C1CC(CC2CCC(N)CC2)CCC1N. The molecule has 2 saturated carbocycles. The van der Waals surface area contributed by atoms with Crippen LogP contribution in [0.3, 0.4) is 0 Å². The molecule has 3 atom stereocenters. The second-order valence-corrected chi connectivity index (χ2v) is 7.27. The van der Waals surface area contributed by atoms with Crippen LogP contribution in [0.5, 0.6) is 0 Å². The molecular weight excluding hydrogens is 220 g/mol. The first-order chi connectivity index (χ1) is 8.56. The Hall–Kier alpha value is -0.0800. The minimum atomic E-state index is 0.459. The molecule has 0 aromatic heterocycles. The van der Waals surface area contributed by atoms with E-state index in [2.05, 4.69) is 13.8 Å². The van der Waals surface area contributed by atoms with Gasteiger partial charge in [0.05, 0.1) is 0 Å². The Morgan fingerprint density at radius 1 is 0.889 bits per heavy atom. The van der Waals surface area contributed by atoms with Gasteiger partial charge in [0.25, 0.3) is 0 Å². The third-order valence-electron chi connectivity index (χ3n) is 5.48. The lowest BCUT2D eigenvalue weighted by Crippen LogP contribution is -2.39. The first kappa shape index (κ1) is 14.3. The molecule has 3 unspecified atom stereocenters. The van der Waals surface area contributed by atoms with Crippen LogP contribution in [0.1, 0.15) is 65.2 Å². The Morgan fingerprint density at radius 2 is 1.50 bits per heavy atom. The zero-order valence-corrected chi connectivity index (χ0v) is 12.3. The van der Waals surface area contributed by atoms with Gasteiger partial charge in [-0.1, -0.05) is 13.8 Å². The van der Waals surface area contributed by atoms with Gasteiger partial charge in [-0.3, -0.25) is 0 Å². The Kier molecular flexibility index (Phi) is 5.08. The van der Waals surface area contributed by atoms with Gasteiger partial charge in [-0.2, -0.15) is 0 Å². The van der Waals surface area contributed by atoms with E-state index in [9.17, 15) is 0 Å². The van der Waals surface area contributed by atoms with E-state index < -0.39 is 0 Å². The maximum absolute atomic E-state index is 6.28. The number of hydrogen-bond acceptors (Lipinski definition) is 2. The quantitative estimate of drug-likeness (QED) is 0.810. The van der Waals surface area contributed by atoms with Crippen LogP contribution in [0.2, 0.25) is 0 Å². The summed E-state index contributed by atoms with van der Waals surface area (Å²) in [7, 11) is 0. The molecule has 2 fully saturated rings. The van der Waals surface area contributed by atoms with Crippen molar-refractivity contribution in [2.45, 2.75) is 77.3 Å². The van der Waals surface area contributed by atoms with Crippen molar-refractivity contribution in [1.29, 1.82) is 0 Å². The fourth-order valence-corrected chi connectivity index (χ4v) is 4.20. The van der Waals surface area contributed by atoms with E-state index in [1.54, 1.807) is 0 Å². The molecule has 0 amide bonds. The highest BCUT2D eigenvalue weighted by molar-refractivity contribution is 4.86. The molecule has 0 aliphatic heterocycles. The van der Waals surface area contributed by atoms with Crippen LogP contribution in [0.4, 0.5) is 0 Å². The highest BCUT2D eigenvalue weighted by Crippen LogP contribution is 2.38. The normalized spacial score (nSPS) is 42.2. The Bertz CT molecular complexity index is 243. The minimum Gasteiger partial charge on any atom is -0.328 e. The molecule has 2 aliphatic rings. The number of rotatable bonds is 3. The molecule has 0 heterocycles. The lowest BCUT2D eigenvalue weighted by Gasteiger charge is -2.38. The van der Waals surface area contributed by atoms with Gasteiger partial charge in [-0.15, -0.1) is 0 Å². The van der Waals surface area contributed by atoms with Crippen LogP contribution in [0.15, 0.2) is 0 Å². The molecule has 0 saturated heterocycles. The van der Waals surface area contributed by atoms with E-state index in [1.807, 2.05) is 0 Å². The maximum atomic E-state index is 6.28. The van der Waals surface area contributed by atoms with E-state index in [1.165, 1.54) is 51.4 Å². The fraction of sp³-hybridized carbons (Fsp3) is 1.00. The van der Waals surface area contributed by atoms with E-state index in [4.69, 9.17) is 11.5 Å². The van der Waals surface area contributed by atoms with Crippen molar-refractivity contribution >= 4 is 0 Å². The molecule has 106 valence electrons. The summed E-state index contributed by atoms with van der Waals surface area (Å²) in [4.78, 5) is 0. The van der Waals surface area contributed by atoms with Crippen LogP contribution < -0.4 is 11.5 Å². The second kappa shape index (κ2) is 6.38. The molecule has 2 nitrogen and oxygen atoms in total. The lowest BCUT2D eigenvalue weighted by molar-refractivity contribution is 0.152. The number of nitrogens with two attached hydrogens (primary N) is 2. The zero-order chi connectivity index (χ0) is 13.1. The van der Waals surface area contributed by atoms with Crippen molar-refractivity contribution in [1.82, 2.24) is 0 Å². The third-order valence-corrected chi connectivity index (χ3v) is 5.48. The van der Waals surface area contributed by atoms with Crippen LogP contribution in [-0.4, -0.2) is 12.1 Å². The summed E-state index contributed by atoms with van der Waals surface area (Å²) in [6.07, 6.45) is 10.7. The summed E-state index contributed by atoms with van der Waals surface area (Å²) < 4.78 is 0. The van der Waals surface area contributed by atoms with Crippen LogP contribution >= 0.6 is 0 Å². The predicted molar refractivity (Wildman–Crippen MR) is 78.2 cm³/mol. The van der Waals surface area contributed by atoms with Crippen molar-refractivity contribution in [3.8, 4) is 0 Å². The maximum Gasteiger partial charge on any atom is 0.00698 e. The first-order valence-electron chi connectivity index (χ1n) is 8.07. The molecular formula is C16H32N2. The number of hydrogen-bond donors (Lipinski definition) is 2. The van der Waals surface area contributed by atoms with Gasteiger partial charge >= 0.3 is 0 Å². The first-order valence-corrected chi connectivity index (χ1v) is 8.07. The molecule has 4 N–H and O–H groups in total. The molecule has 0 aromatic carbocycles. The van der Waals surface area contributed by atoms with Gasteiger partial charge in [-0.05, 0) is 75.0 Å². The Labute approximate surface area is 113 Å². The molecule has 2 rings (SSSR count). The molecule has 0 aromatic rings. The standard InChI is InChI=1S/C16H32N2/c1-11(2)15-10-13(5-8-16(15)18)9-12-3-6-14(17)7-4-12/h11-16H,3-10,17-18H2,1-2H3. The monoisotopic (exact) mass is 252 g/mol. The van der Waals surface area contributed by atoms with Gasteiger partial charge in [0.15, 0.2) is 0 Å². The summed E-state index contributed by atoms with van der Waals surface area (Å²) in [6, 6.07) is 0.950. The van der Waals surface area contributed by atoms with Gasteiger partial charge in [-0.25, -0.2) is 0 Å². The summed E-state index contributed by atoms with van der Waals surface area (Å²) in [5.74, 6) is 3.41. The lowest BCUT2D eigenvalue weighted by atomic mass is 9.69. The third kappa shape index (κ3) is 3.71. The van der Waals surface area contributed by atoms with Gasteiger partial charge < -0.3 is 11.5 Å². The van der Waals surface area contributed by atoms with E-state index >= 15 is 0 Å². The van der Waals surface area contributed by atoms with Crippen molar-refractivity contribution in [3.63, 3.8) is 0 Å². The zero-order valence-electron chi connectivity index (χ0n) is 12.3.